The summed E-state index contributed by atoms with van der Waals surface area (Å²) in [5.41, 5.74) is 0.218. The Kier molecular flexibility index (Phi) is 5.15. The van der Waals surface area contributed by atoms with E-state index in [1.807, 2.05) is 0 Å². The number of halogens is 1. The van der Waals surface area contributed by atoms with Crippen molar-refractivity contribution in [1.82, 2.24) is 0 Å². The number of benzene rings is 1. The standard InChI is InChI=1S/C12H10ClNO4/c1-2-18-12(15)5-3-4-9-6-7-10(13)11(8-9)14(16)17/h6-8H,2,5H2,1H3. The van der Waals surface area contributed by atoms with Gasteiger partial charge in [-0.05, 0) is 19.1 Å². The van der Waals surface area contributed by atoms with Crippen LogP contribution in [0.15, 0.2) is 18.2 Å². The van der Waals surface area contributed by atoms with Gasteiger partial charge in [0, 0.05) is 11.6 Å². The number of nitro benzene ring substituents is 1. The highest BCUT2D eigenvalue weighted by molar-refractivity contribution is 6.32. The van der Waals surface area contributed by atoms with Crippen LogP contribution in [0.1, 0.15) is 18.9 Å². The van der Waals surface area contributed by atoms with Crippen LogP contribution in [-0.4, -0.2) is 17.5 Å². The fourth-order valence-corrected chi connectivity index (χ4v) is 1.35. The molecule has 0 radical (unpaired) electrons. The Morgan fingerprint density at radius 1 is 1.56 bits per heavy atom. The molecule has 1 aromatic carbocycles. The molecule has 0 aliphatic heterocycles. The molecule has 0 N–H and O–H groups in total. The number of rotatable bonds is 3. The van der Waals surface area contributed by atoms with Gasteiger partial charge < -0.3 is 4.74 Å². The van der Waals surface area contributed by atoms with Crippen LogP contribution in [0.4, 0.5) is 5.69 Å². The first-order chi connectivity index (χ1) is 8.54. The van der Waals surface area contributed by atoms with Gasteiger partial charge in [0.15, 0.2) is 0 Å². The van der Waals surface area contributed by atoms with Crippen molar-refractivity contribution in [3.63, 3.8) is 0 Å². The highest BCUT2D eigenvalue weighted by atomic mass is 35.5. The molecular formula is C12H10ClNO4. The summed E-state index contributed by atoms with van der Waals surface area (Å²) in [7, 11) is 0. The van der Waals surface area contributed by atoms with Gasteiger partial charge in [0.2, 0.25) is 0 Å². The number of ether oxygens (including phenoxy) is 1. The molecule has 1 aromatic rings. The van der Waals surface area contributed by atoms with Crippen molar-refractivity contribution in [2.75, 3.05) is 6.61 Å². The number of carbonyl (C=O) groups excluding carboxylic acids is 1. The molecular weight excluding hydrogens is 258 g/mol. The number of nitrogens with zero attached hydrogens (tertiary/aromatic N) is 1. The summed E-state index contributed by atoms with van der Waals surface area (Å²) in [6.45, 7) is 2.00. The fourth-order valence-electron chi connectivity index (χ4n) is 1.16. The Labute approximate surface area is 109 Å². The van der Waals surface area contributed by atoms with E-state index in [1.165, 1.54) is 12.1 Å². The first-order valence-electron chi connectivity index (χ1n) is 5.13. The summed E-state index contributed by atoms with van der Waals surface area (Å²) in [5, 5.41) is 10.7. The van der Waals surface area contributed by atoms with E-state index in [1.54, 1.807) is 13.0 Å². The largest absolute Gasteiger partial charge is 0.465 e. The highest BCUT2D eigenvalue weighted by Crippen LogP contribution is 2.24. The van der Waals surface area contributed by atoms with Gasteiger partial charge in [-0.1, -0.05) is 23.4 Å². The second-order valence-corrected chi connectivity index (χ2v) is 3.61. The lowest BCUT2D eigenvalue weighted by molar-refractivity contribution is -0.384. The van der Waals surface area contributed by atoms with E-state index < -0.39 is 10.9 Å². The second kappa shape index (κ2) is 6.62. The van der Waals surface area contributed by atoms with Gasteiger partial charge in [0.25, 0.3) is 5.69 Å². The SMILES string of the molecule is CCOC(=O)CC#Cc1ccc(Cl)c([N+](=O)[O-])c1. The molecule has 0 spiro atoms. The third kappa shape index (κ3) is 4.07. The summed E-state index contributed by atoms with van der Waals surface area (Å²) in [5.74, 6) is 4.80. The van der Waals surface area contributed by atoms with Gasteiger partial charge in [-0.25, -0.2) is 0 Å². The monoisotopic (exact) mass is 267 g/mol. The van der Waals surface area contributed by atoms with Crippen LogP contribution in [0.25, 0.3) is 0 Å². The molecule has 94 valence electrons. The normalized spacial score (nSPS) is 9.22. The lowest BCUT2D eigenvalue weighted by atomic mass is 10.2. The zero-order valence-corrected chi connectivity index (χ0v) is 10.4. The topological polar surface area (TPSA) is 69.4 Å². The number of esters is 1. The van der Waals surface area contributed by atoms with Crippen LogP contribution in [0, 0.1) is 22.0 Å². The van der Waals surface area contributed by atoms with Crippen molar-refractivity contribution >= 4 is 23.3 Å². The summed E-state index contributed by atoms with van der Waals surface area (Å²) >= 11 is 5.65. The Balaban J connectivity index is 2.80. The van der Waals surface area contributed by atoms with Gasteiger partial charge in [0.05, 0.1) is 11.5 Å². The quantitative estimate of drug-likeness (QED) is 0.365. The minimum absolute atomic E-state index is 0.0513. The zero-order chi connectivity index (χ0) is 13.5. The first-order valence-corrected chi connectivity index (χ1v) is 5.50. The summed E-state index contributed by atoms with van der Waals surface area (Å²) in [6.07, 6.45) is -0.0513. The van der Waals surface area contributed by atoms with Crippen LogP contribution < -0.4 is 0 Å². The summed E-state index contributed by atoms with van der Waals surface area (Å²) < 4.78 is 4.69. The van der Waals surface area contributed by atoms with E-state index in [-0.39, 0.29) is 17.1 Å². The Bertz CT molecular complexity index is 531. The second-order valence-electron chi connectivity index (χ2n) is 3.21. The fraction of sp³-hybridized carbons (Fsp3) is 0.250. The van der Waals surface area contributed by atoms with Gasteiger partial charge in [-0.3, -0.25) is 14.9 Å². The maximum absolute atomic E-state index is 11.0. The van der Waals surface area contributed by atoms with E-state index >= 15 is 0 Å². The smallest absolute Gasteiger partial charge is 0.317 e. The number of carbonyl (C=O) groups is 1. The predicted octanol–water partition coefficient (Wildman–Crippen LogP) is 2.55. The maximum atomic E-state index is 11.0. The lowest BCUT2D eigenvalue weighted by Gasteiger charge is -1.96. The summed E-state index contributed by atoms with van der Waals surface area (Å²) in [4.78, 5) is 21.1. The molecule has 0 heterocycles. The van der Waals surface area contributed by atoms with Crippen molar-refractivity contribution in [2.24, 2.45) is 0 Å². The van der Waals surface area contributed by atoms with E-state index in [0.717, 1.165) is 0 Å². The number of nitro groups is 1. The molecule has 0 saturated heterocycles. The third-order valence-electron chi connectivity index (χ3n) is 1.91. The molecule has 0 atom stereocenters. The molecule has 6 heteroatoms. The molecule has 0 amide bonds. The molecule has 0 aromatic heterocycles. The van der Waals surface area contributed by atoms with Crippen molar-refractivity contribution in [2.45, 2.75) is 13.3 Å². The molecule has 0 aliphatic carbocycles. The van der Waals surface area contributed by atoms with Gasteiger partial charge in [-0.15, -0.1) is 0 Å². The average Bonchev–Trinajstić information content (AvgIpc) is 2.31. The van der Waals surface area contributed by atoms with Crippen LogP contribution in [0.2, 0.25) is 5.02 Å². The van der Waals surface area contributed by atoms with Crippen LogP contribution in [0.3, 0.4) is 0 Å². The molecule has 18 heavy (non-hydrogen) atoms. The number of hydrogen-bond acceptors (Lipinski definition) is 4. The average molecular weight is 268 g/mol. The van der Waals surface area contributed by atoms with Gasteiger partial charge in [0.1, 0.15) is 11.4 Å². The molecule has 0 aliphatic rings. The maximum Gasteiger partial charge on any atom is 0.317 e. The van der Waals surface area contributed by atoms with Crippen molar-refractivity contribution < 1.29 is 14.5 Å². The summed E-state index contributed by atoms with van der Waals surface area (Å²) in [6, 6.07) is 4.21. The molecule has 1 rings (SSSR count). The predicted molar refractivity (Wildman–Crippen MR) is 66.2 cm³/mol. The van der Waals surface area contributed by atoms with E-state index in [0.29, 0.717) is 12.2 Å². The van der Waals surface area contributed by atoms with E-state index in [4.69, 9.17) is 16.3 Å². The molecule has 0 saturated carbocycles. The zero-order valence-electron chi connectivity index (χ0n) is 9.60. The molecule has 5 nitrogen and oxygen atoms in total. The van der Waals surface area contributed by atoms with Crippen molar-refractivity contribution in [1.29, 1.82) is 0 Å². The lowest BCUT2D eigenvalue weighted by Crippen LogP contribution is -2.01. The minimum Gasteiger partial charge on any atom is -0.465 e. The van der Waals surface area contributed by atoms with Crippen LogP contribution in [-0.2, 0) is 9.53 Å². The van der Waals surface area contributed by atoms with E-state index in [9.17, 15) is 14.9 Å². The third-order valence-corrected chi connectivity index (χ3v) is 2.23. The Morgan fingerprint density at radius 3 is 2.89 bits per heavy atom. The Morgan fingerprint density at radius 2 is 2.28 bits per heavy atom. The van der Waals surface area contributed by atoms with Gasteiger partial charge >= 0.3 is 5.97 Å². The van der Waals surface area contributed by atoms with Crippen molar-refractivity contribution in [3.05, 3.63) is 38.9 Å². The minimum atomic E-state index is -0.584. The van der Waals surface area contributed by atoms with Gasteiger partial charge in [-0.2, -0.15) is 0 Å². The molecule has 0 unspecified atom stereocenters. The number of hydrogen-bond donors (Lipinski definition) is 0. The molecule has 0 bridgehead atoms. The first kappa shape index (κ1) is 14.0. The van der Waals surface area contributed by atoms with Crippen LogP contribution in [0.5, 0.6) is 0 Å². The van der Waals surface area contributed by atoms with Crippen LogP contribution >= 0.6 is 11.6 Å². The Hall–Kier alpha value is -2.06. The van der Waals surface area contributed by atoms with E-state index in [2.05, 4.69) is 11.8 Å². The highest BCUT2D eigenvalue weighted by Gasteiger charge is 2.11. The molecule has 0 fully saturated rings. The van der Waals surface area contributed by atoms with Crippen molar-refractivity contribution in [3.8, 4) is 11.8 Å².